The molecule has 18 heavy (non-hydrogen) atoms. The molecule has 0 unspecified atom stereocenters. The summed E-state index contributed by atoms with van der Waals surface area (Å²) in [7, 11) is 0. The van der Waals surface area contributed by atoms with E-state index in [4.69, 9.17) is 5.11 Å². The molecule has 1 aromatic rings. The van der Waals surface area contributed by atoms with Gasteiger partial charge in [0, 0.05) is 17.3 Å². The molecule has 1 heterocycles. The van der Waals surface area contributed by atoms with Crippen LogP contribution in [0.3, 0.4) is 0 Å². The van der Waals surface area contributed by atoms with E-state index in [1.165, 1.54) is 11.3 Å². The molecular weight excluding hydrogens is 252 g/mol. The zero-order valence-corrected chi connectivity index (χ0v) is 11.6. The van der Waals surface area contributed by atoms with Crippen LogP contribution in [0.4, 0.5) is 10.5 Å². The van der Waals surface area contributed by atoms with Crippen LogP contribution >= 0.6 is 11.3 Å². The fourth-order valence-electron chi connectivity index (χ4n) is 1.43. The molecule has 0 aromatic carbocycles. The lowest BCUT2D eigenvalue weighted by molar-refractivity contribution is -0.137. The first-order chi connectivity index (χ1) is 8.30. The molecule has 1 rings (SSSR count). The van der Waals surface area contributed by atoms with E-state index in [0.717, 1.165) is 11.3 Å². The smallest absolute Gasteiger partial charge is 0.319 e. The van der Waals surface area contributed by atoms with E-state index in [9.17, 15) is 9.59 Å². The van der Waals surface area contributed by atoms with Gasteiger partial charge in [0.1, 0.15) is 0 Å². The number of hydrogen-bond donors (Lipinski definition) is 3. The number of anilines is 1. The minimum Gasteiger partial charge on any atom is -0.481 e. The van der Waals surface area contributed by atoms with Gasteiger partial charge in [-0.05, 0) is 38.1 Å². The third kappa shape index (κ3) is 4.75. The molecule has 3 N–H and O–H groups in total. The van der Waals surface area contributed by atoms with Crippen LogP contribution in [0, 0.1) is 6.92 Å². The monoisotopic (exact) mass is 270 g/mol. The van der Waals surface area contributed by atoms with Crippen molar-refractivity contribution in [3.8, 4) is 0 Å². The molecule has 0 atom stereocenters. The number of carboxylic acids is 1. The fraction of sp³-hybridized carbons (Fsp3) is 0.500. The summed E-state index contributed by atoms with van der Waals surface area (Å²) in [6, 6.07) is -0.313. The summed E-state index contributed by atoms with van der Waals surface area (Å²) in [5.41, 5.74) is 1.25. The summed E-state index contributed by atoms with van der Waals surface area (Å²) in [6.07, 6.45) is 0.420. The standard InChI is InChI=1S/C12H18N2O3S/c1-8-6-18-7-9(8)13-11(17)14-12(2,3)5-4-10(15)16/h6-7H,4-5H2,1-3H3,(H,15,16)(H2,13,14,17). The number of carbonyl (C=O) groups is 2. The van der Waals surface area contributed by atoms with E-state index in [1.54, 1.807) is 13.8 Å². The molecule has 100 valence electrons. The molecule has 0 aliphatic heterocycles. The number of hydrogen-bond acceptors (Lipinski definition) is 3. The topological polar surface area (TPSA) is 78.4 Å². The highest BCUT2D eigenvalue weighted by Gasteiger charge is 2.21. The highest BCUT2D eigenvalue weighted by molar-refractivity contribution is 7.08. The van der Waals surface area contributed by atoms with Gasteiger partial charge in [-0.15, -0.1) is 11.3 Å². The Bertz CT molecular complexity index is 440. The Kier molecular flexibility index (Phi) is 4.72. The normalized spacial score (nSPS) is 11.1. The van der Waals surface area contributed by atoms with E-state index in [0.29, 0.717) is 6.42 Å². The third-order valence-corrected chi connectivity index (χ3v) is 3.38. The number of thiophene rings is 1. The Balaban J connectivity index is 2.48. The first-order valence-corrected chi connectivity index (χ1v) is 6.58. The minimum atomic E-state index is -0.862. The van der Waals surface area contributed by atoms with Crippen molar-refractivity contribution in [3.63, 3.8) is 0 Å². The molecule has 0 radical (unpaired) electrons. The summed E-state index contributed by atoms with van der Waals surface area (Å²) < 4.78 is 0. The SMILES string of the molecule is Cc1cscc1NC(=O)NC(C)(C)CCC(=O)O. The van der Waals surface area contributed by atoms with Crippen LogP contribution in [0.5, 0.6) is 0 Å². The van der Waals surface area contributed by atoms with Crippen molar-refractivity contribution in [3.05, 3.63) is 16.3 Å². The summed E-state index contributed by atoms with van der Waals surface area (Å²) in [5.74, 6) is -0.862. The maximum atomic E-state index is 11.8. The van der Waals surface area contributed by atoms with Crippen molar-refractivity contribution in [1.29, 1.82) is 0 Å². The van der Waals surface area contributed by atoms with Crippen LogP contribution in [0.2, 0.25) is 0 Å². The van der Waals surface area contributed by atoms with E-state index in [2.05, 4.69) is 10.6 Å². The van der Waals surface area contributed by atoms with Crippen LogP contribution < -0.4 is 10.6 Å². The van der Waals surface area contributed by atoms with Crippen molar-refractivity contribution in [2.75, 3.05) is 5.32 Å². The van der Waals surface area contributed by atoms with Gasteiger partial charge < -0.3 is 15.7 Å². The van der Waals surface area contributed by atoms with Gasteiger partial charge in [0.15, 0.2) is 0 Å². The van der Waals surface area contributed by atoms with Gasteiger partial charge in [0.25, 0.3) is 0 Å². The van der Waals surface area contributed by atoms with Crippen molar-refractivity contribution in [2.45, 2.75) is 39.2 Å². The third-order valence-electron chi connectivity index (χ3n) is 2.52. The van der Waals surface area contributed by atoms with Gasteiger partial charge in [0.2, 0.25) is 0 Å². The average molecular weight is 270 g/mol. The quantitative estimate of drug-likeness (QED) is 0.769. The molecule has 5 nitrogen and oxygen atoms in total. The Morgan fingerprint density at radius 2 is 2.06 bits per heavy atom. The van der Waals surface area contributed by atoms with E-state index >= 15 is 0 Å². The molecule has 0 fully saturated rings. The fourth-order valence-corrected chi connectivity index (χ4v) is 2.21. The Labute approximate surface area is 110 Å². The lowest BCUT2D eigenvalue weighted by atomic mass is 9.99. The van der Waals surface area contributed by atoms with Crippen molar-refractivity contribution < 1.29 is 14.7 Å². The number of rotatable bonds is 5. The molecule has 6 heteroatoms. The van der Waals surface area contributed by atoms with Crippen molar-refractivity contribution >= 4 is 29.0 Å². The zero-order chi connectivity index (χ0) is 13.8. The minimum absolute atomic E-state index is 0.0325. The summed E-state index contributed by atoms with van der Waals surface area (Å²) >= 11 is 1.52. The first kappa shape index (κ1) is 14.5. The Morgan fingerprint density at radius 1 is 1.39 bits per heavy atom. The molecule has 0 aliphatic rings. The summed E-state index contributed by atoms with van der Waals surface area (Å²) in [6.45, 7) is 5.52. The maximum Gasteiger partial charge on any atom is 0.319 e. The predicted octanol–water partition coefficient (Wildman–Crippen LogP) is 2.82. The van der Waals surface area contributed by atoms with Gasteiger partial charge in [-0.2, -0.15) is 0 Å². The molecule has 0 spiro atoms. The molecular formula is C12H18N2O3S. The lowest BCUT2D eigenvalue weighted by Gasteiger charge is -2.25. The lowest BCUT2D eigenvalue weighted by Crippen LogP contribution is -2.45. The van der Waals surface area contributed by atoms with Gasteiger partial charge in [0.05, 0.1) is 5.69 Å². The highest BCUT2D eigenvalue weighted by atomic mass is 32.1. The van der Waals surface area contributed by atoms with Crippen LogP contribution in [-0.2, 0) is 4.79 Å². The molecule has 0 saturated carbocycles. The van der Waals surface area contributed by atoms with Crippen molar-refractivity contribution in [2.24, 2.45) is 0 Å². The first-order valence-electron chi connectivity index (χ1n) is 5.64. The average Bonchev–Trinajstić information content (AvgIpc) is 2.61. The number of aliphatic carboxylic acids is 1. The van der Waals surface area contributed by atoms with Gasteiger partial charge in [-0.1, -0.05) is 0 Å². The van der Waals surface area contributed by atoms with E-state index in [-0.39, 0.29) is 12.5 Å². The second-order valence-electron chi connectivity index (χ2n) is 4.83. The number of aryl methyl sites for hydroxylation is 1. The van der Waals surface area contributed by atoms with Gasteiger partial charge >= 0.3 is 12.0 Å². The van der Waals surface area contributed by atoms with Crippen LogP contribution in [-0.4, -0.2) is 22.6 Å². The second kappa shape index (κ2) is 5.86. The van der Waals surface area contributed by atoms with Crippen molar-refractivity contribution in [1.82, 2.24) is 5.32 Å². The summed E-state index contributed by atoms with van der Waals surface area (Å²) in [5, 5.41) is 18.0. The number of carboxylic acid groups (broad SMARTS) is 1. The summed E-state index contributed by atoms with van der Waals surface area (Å²) in [4.78, 5) is 22.3. The zero-order valence-electron chi connectivity index (χ0n) is 10.7. The van der Waals surface area contributed by atoms with Gasteiger partial charge in [-0.3, -0.25) is 4.79 Å². The molecule has 1 aromatic heterocycles. The van der Waals surface area contributed by atoms with Crippen LogP contribution in [0.1, 0.15) is 32.3 Å². The molecule has 0 saturated heterocycles. The van der Waals surface area contributed by atoms with E-state index in [1.807, 2.05) is 17.7 Å². The largest absolute Gasteiger partial charge is 0.481 e. The second-order valence-corrected chi connectivity index (χ2v) is 5.57. The van der Waals surface area contributed by atoms with Crippen LogP contribution in [0.25, 0.3) is 0 Å². The molecule has 2 amide bonds. The predicted molar refractivity (Wildman–Crippen MR) is 72.2 cm³/mol. The van der Waals surface area contributed by atoms with E-state index < -0.39 is 11.5 Å². The Hall–Kier alpha value is -1.56. The maximum absolute atomic E-state index is 11.8. The molecule has 0 bridgehead atoms. The Morgan fingerprint density at radius 3 is 2.56 bits per heavy atom. The van der Waals surface area contributed by atoms with Crippen LogP contribution in [0.15, 0.2) is 10.8 Å². The highest BCUT2D eigenvalue weighted by Crippen LogP contribution is 2.19. The number of urea groups is 1. The van der Waals surface area contributed by atoms with Gasteiger partial charge in [-0.25, -0.2) is 4.79 Å². The number of nitrogens with one attached hydrogen (secondary N) is 2. The molecule has 0 aliphatic carbocycles. The number of amides is 2. The number of carbonyl (C=O) groups excluding carboxylic acids is 1.